The molecule has 2 aliphatic rings. The topological polar surface area (TPSA) is 101 Å². The van der Waals surface area contributed by atoms with Crippen molar-refractivity contribution < 1.29 is 32.7 Å². The number of carbonyl (C=O) groups is 2. The third-order valence-electron chi connectivity index (χ3n) is 6.39. The second-order valence-electron chi connectivity index (χ2n) is 8.97. The molecule has 206 valence electrons. The molecule has 2 aromatic rings. The van der Waals surface area contributed by atoms with E-state index in [9.17, 15) is 9.59 Å². The number of carbonyl (C=O) groups excluding carboxylic acids is 2. The van der Waals surface area contributed by atoms with Gasteiger partial charge in [-0.15, -0.1) is 0 Å². The molecule has 11 nitrogen and oxygen atoms in total. The number of hydrogen-bond donors (Lipinski definition) is 1. The third kappa shape index (κ3) is 6.30. The average Bonchev–Trinajstić information content (AvgIpc) is 3.30. The molecular weight excluding hydrogens is 522 g/mol. The lowest BCUT2D eigenvalue weighted by molar-refractivity contribution is -0.104. The number of hydrogen-bond acceptors (Lipinski definition) is 8. The van der Waals surface area contributed by atoms with E-state index in [0.717, 1.165) is 22.9 Å². The van der Waals surface area contributed by atoms with Gasteiger partial charge in [0, 0.05) is 44.4 Å². The summed E-state index contributed by atoms with van der Waals surface area (Å²) in [6.07, 6.45) is -0.288. The number of aryl methyl sites for hydroxylation is 2. The van der Waals surface area contributed by atoms with E-state index >= 15 is 8.78 Å². The molecule has 0 aliphatic carbocycles. The van der Waals surface area contributed by atoms with Gasteiger partial charge in [0.1, 0.15) is 11.8 Å². The quantitative estimate of drug-likeness (QED) is 0.524. The number of ether oxygens (including phenoxy) is 2. The van der Waals surface area contributed by atoms with Gasteiger partial charge < -0.3 is 19.7 Å². The minimum absolute atomic E-state index is 0.0419. The predicted octanol–water partition coefficient (Wildman–Crippen LogP) is 3.05. The van der Waals surface area contributed by atoms with Crippen LogP contribution in [0.3, 0.4) is 0 Å². The average molecular weight is 553 g/mol. The fourth-order valence-electron chi connectivity index (χ4n) is 4.28. The van der Waals surface area contributed by atoms with Gasteiger partial charge in [0.25, 0.3) is 0 Å². The molecule has 0 radical (unpaired) electrons. The van der Waals surface area contributed by atoms with Crippen molar-refractivity contribution in [1.82, 2.24) is 20.2 Å². The molecule has 2 fully saturated rings. The second kappa shape index (κ2) is 11.9. The Kier molecular flexibility index (Phi) is 8.62. The zero-order chi connectivity index (χ0) is 27.4. The first-order valence-electron chi connectivity index (χ1n) is 12.1. The number of methoxy groups -OCH3 is 1. The highest BCUT2D eigenvalue weighted by molar-refractivity contribution is 7.80. The molecule has 1 aromatic heterocycles. The van der Waals surface area contributed by atoms with Crippen LogP contribution in [0.2, 0.25) is 0 Å². The van der Waals surface area contributed by atoms with Crippen LogP contribution >= 0.6 is 12.2 Å². The van der Waals surface area contributed by atoms with Gasteiger partial charge in [-0.2, -0.15) is 5.10 Å². The fourth-order valence-corrected chi connectivity index (χ4v) is 4.40. The summed E-state index contributed by atoms with van der Waals surface area (Å²) >= 11 is 5.00. The van der Waals surface area contributed by atoms with E-state index in [2.05, 4.69) is 10.4 Å². The number of nitrogens with one attached hydrogen (secondary N) is 1. The monoisotopic (exact) mass is 552 g/mol. The summed E-state index contributed by atoms with van der Waals surface area (Å²) in [7, 11) is 3.28. The van der Waals surface area contributed by atoms with Crippen molar-refractivity contribution in [1.29, 1.82) is 0 Å². The minimum Gasteiger partial charge on any atom is -0.490 e. The van der Waals surface area contributed by atoms with Crippen molar-refractivity contribution in [2.75, 3.05) is 49.7 Å². The third-order valence-corrected chi connectivity index (χ3v) is 6.77. The van der Waals surface area contributed by atoms with Crippen molar-refractivity contribution in [2.24, 2.45) is 7.05 Å². The van der Waals surface area contributed by atoms with E-state index in [1.54, 1.807) is 4.68 Å². The summed E-state index contributed by atoms with van der Waals surface area (Å²) in [6, 6.07) is 3.60. The summed E-state index contributed by atoms with van der Waals surface area (Å²) < 4.78 is 42.3. The Bertz CT molecular complexity index is 1170. The Balaban J connectivity index is 1.36. The van der Waals surface area contributed by atoms with E-state index in [-0.39, 0.29) is 50.7 Å². The van der Waals surface area contributed by atoms with Crippen LogP contribution in [-0.4, -0.2) is 78.0 Å². The Morgan fingerprint density at radius 1 is 1.24 bits per heavy atom. The van der Waals surface area contributed by atoms with Crippen LogP contribution in [0.1, 0.15) is 24.2 Å². The van der Waals surface area contributed by atoms with Crippen LogP contribution in [0.5, 0.6) is 0 Å². The van der Waals surface area contributed by atoms with Crippen molar-refractivity contribution in [3.8, 4) is 0 Å². The predicted molar refractivity (Wildman–Crippen MR) is 138 cm³/mol. The number of benzene rings is 1. The standard InChI is InChI=1S/C24H30F2N6O5S/c1-15-10-16(28-29(15)2)13-27-23(33)32-7-6-30(8-9-36-32)22-19(25)11-17(12-20(22)26)31-14-18(37-24(31)34)4-5-21(38)35-3/h10-12,18H,4-9,13-14H2,1-3H3,(H,27,33)/t18-/m0/s1. The highest BCUT2D eigenvalue weighted by Gasteiger charge is 2.34. The zero-order valence-corrected chi connectivity index (χ0v) is 22.2. The van der Waals surface area contributed by atoms with Gasteiger partial charge in [0.15, 0.2) is 16.7 Å². The van der Waals surface area contributed by atoms with E-state index < -0.39 is 29.9 Å². The number of halogens is 2. The molecule has 0 unspecified atom stereocenters. The number of nitrogens with zero attached hydrogens (tertiary/aromatic N) is 5. The van der Waals surface area contributed by atoms with Crippen LogP contribution in [0.15, 0.2) is 18.2 Å². The van der Waals surface area contributed by atoms with Gasteiger partial charge >= 0.3 is 12.1 Å². The lowest BCUT2D eigenvalue weighted by atomic mass is 10.2. The first-order chi connectivity index (χ1) is 18.2. The normalized spacial score (nSPS) is 17.9. The highest BCUT2D eigenvalue weighted by atomic mass is 32.1. The van der Waals surface area contributed by atoms with Crippen molar-refractivity contribution >= 4 is 40.8 Å². The molecule has 1 atom stereocenters. The minimum atomic E-state index is -0.833. The summed E-state index contributed by atoms with van der Waals surface area (Å²) in [6.45, 7) is 2.68. The largest absolute Gasteiger partial charge is 0.490 e. The van der Waals surface area contributed by atoms with Crippen LogP contribution in [0.4, 0.5) is 29.7 Å². The first kappa shape index (κ1) is 27.5. The van der Waals surface area contributed by atoms with Crippen molar-refractivity contribution in [2.45, 2.75) is 32.4 Å². The van der Waals surface area contributed by atoms with E-state index in [1.807, 2.05) is 20.0 Å². The molecular formula is C24H30F2N6O5S. The van der Waals surface area contributed by atoms with Gasteiger partial charge in [-0.3, -0.25) is 14.4 Å². The van der Waals surface area contributed by atoms with E-state index in [1.165, 1.54) is 16.9 Å². The summed E-state index contributed by atoms with van der Waals surface area (Å²) in [5.74, 6) is -1.67. The van der Waals surface area contributed by atoms with Crippen LogP contribution in [0.25, 0.3) is 0 Å². The zero-order valence-electron chi connectivity index (χ0n) is 21.4. The fraction of sp³-hybridized carbons (Fsp3) is 0.500. The van der Waals surface area contributed by atoms with Gasteiger partial charge in [-0.25, -0.2) is 23.4 Å². The second-order valence-corrected chi connectivity index (χ2v) is 9.43. The molecule has 0 bridgehead atoms. The molecule has 2 aliphatic heterocycles. The van der Waals surface area contributed by atoms with Gasteiger partial charge in [0.05, 0.1) is 44.7 Å². The number of rotatable bonds is 7. The molecule has 0 spiro atoms. The molecule has 1 N–H and O–H groups in total. The molecule has 0 saturated carbocycles. The number of cyclic esters (lactones) is 1. The number of aromatic nitrogens is 2. The van der Waals surface area contributed by atoms with Crippen LogP contribution in [-0.2, 0) is 27.9 Å². The van der Waals surface area contributed by atoms with Crippen LogP contribution in [0, 0.1) is 18.6 Å². The lowest BCUT2D eigenvalue weighted by Crippen LogP contribution is -2.41. The number of amides is 3. The lowest BCUT2D eigenvalue weighted by Gasteiger charge is -2.24. The first-order valence-corrected chi connectivity index (χ1v) is 12.5. The van der Waals surface area contributed by atoms with Gasteiger partial charge in [-0.1, -0.05) is 0 Å². The molecule has 3 amide bonds. The molecule has 4 rings (SSSR count). The van der Waals surface area contributed by atoms with Crippen molar-refractivity contribution in [3.05, 3.63) is 41.2 Å². The van der Waals surface area contributed by atoms with E-state index in [4.69, 9.17) is 26.5 Å². The van der Waals surface area contributed by atoms with Crippen molar-refractivity contribution in [3.63, 3.8) is 0 Å². The Morgan fingerprint density at radius 3 is 2.63 bits per heavy atom. The van der Waals surface area contributed by atoms with Gasteiger partial charge in [0.2, 0.25) is 0 Å². The maximum atomic E-state index is 15.2. The van der Waals surface area contributed by atoms with Gasteiger partial charge in [-0.05, 0) is 31.6 Å². The maximum Gasteiger partial charge on any atom is 0.414 e. The molecule has 14 heteroatoms. The number of urea groups is 1. The number of anilines is 2. The summed E-state index contributed by atoms with van der Waals surface area (Å²) in [5, 5.41) is 8.55. The summed E-state index contributed by atoms with van der Waals surface area (Å²) in [5.41, 5.74) is 1.46. The smallest absolute Gasteiger partial charge is 0.414 e. The highest BCUT2D eigenvalue weighted by Crippen LogP contribution is 2.32. The molecule has 2 saturated heterocycles. The Morgan fingerprint density at radius 2 is 1.97 bits per heavy atom. The number of hydroxylamine groups is 2. The summed E-state index contributed by atoms with van der Waals surface area (Å²) in [4.78, 5) is 33.1. The molecule has 3 heterocycles. The SMILES string of the molecule is COC(=S)CC[C@H]1CN(c2cc(F)c(N3CCON(C(=O)NCc4cc(C)n(C)n4)CC3)c(F)c2)C(=O)O1. The Hall–Kier alpha value is -3.52. The maximum absolute atomic E-state index is 15.2. The molecule has 38 heavy (non-hydrogen) atoms. The van der Waals surface area contributed by atoms with E-state index in [0.29, 0.717) is 23.6 Å². The molecule has 1 aromatic carbocycles. The van der Waals surface area contributed by atoms with Crippen LogP contribution < -0.4 is 15.1 Å². The number of thiocarbonyl (C=S) groups is 1. The Labute approximate surface area is 224 Å².